The average molecular weight is 152 g/mol. The van der Waals surface area contributed by atoms with E-state index in [1.54, 1.807) is 6.26 Å². The van der Waals surface area contributed by atoms with E-state index in [-0.39, 0.29) is 11.5 Å². The lowest BCUT2D eigenvalue weighted by molar-refractivity contribution is 0.0670. The molecule has 0 spiro atoms. The summed E-state index contributed by atoms with van der Waals surface area (Å²) in [6.45, 7) is 6.64. The molecule has 62 valence electrons. The van der Waals surface area contributed by atoms with Crippen LogP contribution in [0.15, 0.2) is 24.5 Å². The topological polar surface area (TPSA) is 9.23 Å². The second kappa shape index (κ2) is 3.12. The maximum absolute atomic E-state index is 5.47. The van der Waals surface area contributed by atoms with E-state index in [9.17, 15) is 0 Å². The van der Waals surface area contributed by atoms with Gasteiger partial charge in [0.25, 0.3) is 0 Å². The molecule has 0 radical (unpaired) electrons. The van der Waals surface area contributed by atoms with Crippen LogP contribution >= 0.6 is 0 Å². The average Bonchev–Trinajstić information content (AvgIpc) is 2.06. The molecule has 1 aliphatic heterocycles. The minimum Gasteiger partial charge on any atom is -0.493 e. The predicted octanol–water partition coefficient (Wildman–Crippen LogP) is 2.89. The van der Waals surface area contributed by atoms with Crippen molar-refractivity contribution in [1.29, 1.82) is 0 Å². The summed E-state index contributed by atoms with van der Waals surface area (Å²) < 4.78 is 5.47. The van der Waals surface area contributed by atoms with Crippen molar-refractivity contribution in [3.8, 4) is 0 Å². The molecule has 1 unspecified atom stereocenters. The van der Waals surface area contributed by atoms with Crippen LogP contribution in [0.3, 0.4) is 0 Å². The summed E-state index contributed by atoms with van der Waals surface area (Å²) in [5, 5.41) is 0. The van der Waals surface area contributed by atoms with Gasteiger partial charge in [0.2, 0.25) is 0 Å². The zero-order chi connectivity index (χ0) is 8.32. The molecule has 0 N–H and O–H groups in total. The minimum absolute atomic E-state index is 0.248. The lowest BCUT2D eigenvalue weighted by Crippen LogP contribution is -2.28. The molecule has 1 aliphatic rings. The first-order chi connectivity index (χ1) is 5.17. The van der Waals surface area contributed by atoms with E-state index in [0.717, 1.165) is 6.42 Å². The van der Waals surface area contributed by atoms with Crippen LogP contribution in [0.25, 0.3) is 0 Å². The highest BCUT2D eigenvalue weighted by atomic mass is 16.5. The third-order valence-corrected chi connectivity index (χ3v) is 2.38. The predicted molar refractivity (Wildman–Crippen MR) is 47.2 cm³/mol. The summed E-state index contributed by atoms with van der Waals surface area (Å²) in [6, 6.07) is 0. The van der Waals surface area contributed by atoms with Crippen LogP contribution < -0.4 is 0 Å². The van der Waals surface area contributed by atoms with Gasteiger partial charge in [-0.3, -0.25) is 0 Å². The summed E-state index contributed by atoms with van der Waals surface area (Å²) in [5.74, 6) is 0. The van der Waals surface area contributed by atoms with Gasteiger partial charge in [-0.15, -0.1) is 0 Å². The molecule has 0 aromatic carbocycles. The fraction of sp³-hybridized carbons (Fsp3) is 0.600. The smallest absolute Gasteiger partial charge is 0.121 e. The van der Waals surface area contributed by atoms with Crippen molar-refractivity contribution in [1.82, 2.24) is 0 Å². The molecule has 0 saturated heterocycles. The zero-order valence-electron chi connectivity index (χ0n) is 7.50. The number of ether oxygens (including phenoxy) is 1. The second-order valence-electron chi connectivity index (χ2n) is 3.61. The van der Waals surface area contributed by atoms with Gasteiger partial charge in [-0.05, 0) is 18.6 Å². The lowest BCUT2D eigenvalue weighted by Gasteiger charge is -2.31. The van der Waals surface area contributed by atoms with Gasteiger partial charge in [-0.25, -0.2) is 0 Å². The van der Waals surface area contributed by atoms with Gasteiger partial charge in [0.05, 0.1) is 6.26 Å². The van der Waals surface area contributed by atoms with Crippen LogP contribution in [-0.2, 0) is 4.74 Å². The normalized spacial score (nSPS) is 23.4. The molecule has 1 nitrogen and oxygen atoms in total. The third-order valence-electron chi connectivity index (χ3n) is 2.38. The molecule has 1 rings (SSSR count). The van der Waals surface area contributed by atoms with Crippen molar-refractivity contribution in [2.75, 3.05) is 0 Å². The van der Waals surface area contributed by atoms with E-state index in [1.165, 1.54) is 0 Å². The number of hydrogen-bond donors (Lipinski definition) is 0. The highest BCUT2D eigenvalue weighted by molar-refractivity contribution is 5.10. The van der Waals surface area contributed by atoms with Gasteiger partial charge < -0.3 is 4.74 Å². The van der Waals surface area contributed by atoms with E-state index >= 15 is 0 Å². The maximum atomic E-state index is 5.47. The largest absolute Gasteiger partial charge is 0.493 e. The fourth-order valence-electron chi connectivity index (χ4n) is 1.03. The SMILES string of the molecule is CCC(C)(C)C1C=CC=CO1. The molecule has 1 heteroatoms. The van der Waals surface area contributed by atoms with Crippen LogP contribution in [0, 0.1) is 5.41 Å². The Kier molecular flexibility index (Phi) is 2.38. The molecular weight excluding hydrogens is 136 g/mol. The Labute approximate surface area is 68.8 Å². The molecule has 0 fully saturated rings. The van der Waals surface area contributed by atoms with Crippen molar-refractivity contribution in [3.63, 3.8) is 0 Å². The molecule has 0 bridgehead atoms. The Morgan fingerprint density at radius 2 is 2.09 bits per heavy atom. The first-order valence-electron chi connectivity index (χ1n) is 4.15. The van der Waals surface area contributed by atoms with Crippen molar-refractivity contribution in [2.45, 2.75) is 33.3 Å². The van der Waals surface area contributed by atoms with Crippen molar-refractivity contribution >= 4 is 0 Å². The Morgan fingerprint density at radius 3 is 2.55 bits per heavy atom. The van der Waals surface area contributed by atoms with Crippen LogP contribution in [0.1, 0.15) is 27.2 Å². The van der Waals surface area contributed by atoms with Gasteiger partial charge in [0.1, 0.15) is 6.10 Å². The van der Waals surface area contributed by atoms with E-state index in [1.807, 2.05) is 12.2 Å². The molecule has 0 amide bonds. The maximum Gasteiger partial charge on any atom is 0.121 e. The van der Waals surface area contributed by atoms with Crippen LogP contribution in [-0.4, -0.2) is 6.10 Å². The number of rotatable bonds is 2. The van der Waals surface area contributed by atoms with Crippen molar-refractivity contribution in [3.05, 3.63) is 24.5 Å². The van der Waals surface area contributed by atoms with Gasteiger partial charge in [-0.2, -0.15) is 0 Å². The summed E-state index contributed by atoms with van der Waals surface area (Å²) in [4.78, 5) is 0. The standard InChI is InChI=1S/C10H16O/c1-4-10(2,3)9-7-5-6-8-11-9/h5-9H,4H2,1-3H3. The Morgan fingerprint density at radius 1 is 1.36 bits per heavy atom. The monoisotopic (exact) mass is 152 g/mol. The molecule has 1 heterocycles. The van der Waals surface area contributed by atoms with E-state index in [2.05, 4.69) is 26.8 Å². The molecule has 1 atom stereocenters. The highest BCUT2D eigenvalue weighted by Crippen LogP contribution is 2.29. The van der Waals surface area contributed by atoms with Crippen LogP contribution in [0.5, 0.6) is 0 Å². The summed E-state index contributed by atoms with van der Waals surface area (Å²) in [7, 11) is 0. The highest BCUT2D eigenvalue weighted by Gasteiger charge is 2.26. The van der Waals surface area contributed by atoms with Crippen LogP contribution in [0.2, 0.25) is 0 Å². The summed E-state index contributed by atoms with van der Waals surface area (Å²) in [5.41, 5.74) is 0.251. The molecule has 0 aliphatic carbocycles. The van der Waals surface area contributed by atoms with Crippen molar-refractivity contribution < 1.29 is 4.74 Å². The number of hydrogen-bond acceptors (Lipinski definition) is 1. The van der Waals surface area contributed by atoms with Crippen LogP contribution in [0.4, 0.5) is 0 Å². The molecule has 11 heavy (non-hydrogen) atoms. The van der Waals surface area contributed by atoms with E-state index in [4.69, 9.17) is 4.74 Å². The fourth-order valence-corrected chi connectivity index (χ4v) is 1.03. The first-order valence-corrected chi connectivity index (χ1v) is 4.15. The lowest BCUT2D eigenvalue weighted by atomic mass is 9.83. The molecule has 0 saturated carbocycles. The molecular formula is C10H16O. The minimum atomic E-state index is 0.248. The van der Waals surface area contributed by atoms with E-state index in [0.29, 0.717) is 0 Å². The quantitative estimate of drug-likeness (QED) is 0.591. The van der Waals surface area contributed by atoms with Crippen molar-refractivity contribution in [2.24, 2.45) is 5.41 Å². The molecule has 0 aromatic heterocycles. The summed E-state index contributed by atoms with van der Waals surface area (Å²) in [6.07, 6.45) is 9.23. The second-order valence-corrected chi connectivity index (χ2v) is 3.61. The van der Waals surface area contributed by atoms with Gasteiger partial charge in [-0.1, -0.05) is 26.8 Å². The Bertz CT molecular complexity index is 177. The first kappa shape index (κ1) is 8.38. The Balaban J connectivity index is 2.61. The summed E-state index contributed by atoms with van der Waals surface area (Å²) >= 11 is 0. The number of allylic oxidation sites excluding steroid dienone is 2. The van der Waals surface area contributed by atoms with Gasteiger partial charge in [0.15, 0.2) is 0 Å². The molecule has 0 aromatic rings. The zero-order valence-corrected chi connectivity index (χ0v) is 7.50. The Hall–Kier alpha value is -0.720. The van der Waals surface area contributed by atoms with E-state index < -0.39 is 0 Å². The van der Waals surface area contributed by atoms with Gasteiger partial charge >= 0.3 is 0 Å². The van der Waals surface area contributed by atoms with Gasteiger partial charge in [0, 0.05) is 5.41 Å². The third kappa shape index (κ3) is 1.86.